The molecule has 0 unspecified atom stereocenters. The Kier molecular flexibility index (Phi) is 7.56. The van der Waals surface area contributed by atoms with Gasteiger partial charge in [-0.1, -0.05) is 6.42 Å². The molecule has 172 valence electrons. The second-order valence-corrected chi connectivity index (χ2v) is 9.11. The highest BCUT2D eigenvalue weighted by Gasteiger charge is 2.39. The van der Waals surface area contributed by atoms with Crippen LogP contribution in [0.15, 0.2) is 23.2 Å². The van der Waals surface area contributed by atoms with Gasteiger partial charge in [-0.05, 0) is 78.0 Å². The van der Waals surface area contributed by atoms with E-state index < -0.39 is 0 Å². The first-order chi connectivity index (χ1) is 15.2. The lowest BCUT2D eigenvalue weighted by Gasteiger charge is -2.49. The Bertz CT molecular complexity index is 739. The molecule has 3 heterocycles. The summed E-state index contributed by atoms with van der Waals surface area (Å²) in [6.45, 7) is 9.90. The molecule has 3 aliphatic heterocycles. The van der Waals surface area contributed by atoms with Crippen molar-refractivity contribution in [1.29, 1.82) is 0 Å². The number of guanidine groups is 1. The third-order valence-corrected chi connectivity index (χ3v) is 6.83. The van der Waals surface area contributed by atoms with Crippen LogP contribution in [0.1, 0.15) is 45.4 Å². The quantitative estimate of drug-likeness (QED) is 0.554. The molecule has 0 radical (unpaired) electrons. The molecule has 0 aliphatic carbocycles. The van der Waals surface area contributed by atoms with Crippen LogP contribution in [0.3, 0.4) is 0 Å². The maximum atomic E-state index is 5.85. The van der Waals surface area contributed by atoms with Crippen LogP contribution in [0, 0.1) is 0 Å². The zero-order valence-electron chi connectivity index (χ0n) is 19.3. The Balaban J connectivity index is 1.49. The van der Waals surface area contributed by atoms with Crippen molar-refractivity contribution in [2.75, 3.05) is 64.8 Å². The van der Waals surface area contributed by atoms with Crippen LogP contribution < -0.4 is 20.1 Å². The summed E-state index contributed by atoms with van der Waals surface area (Å²) in [6, 6.07) is 6.04. The standard InChI is InChI=1S/C24H39N5O2/c1-3-25-23(27-20-8-9-21-22(18-20)31-17-7-16-30-21)26-19-24(10-14-28(2)15-11-24)29-12-5-4-6-13-29/h8-9,18H,3-7,10-17,19H2,1-2H3,(H2,25,26,27). The largest absolute Gasteiger partial charge is 0.490 e. The van der Waals surface area contributed by atoms with E-state index in [0.717, 1.165) is 55.7 Å². The fourth-order valence-corrected chi connectivity index (χ4v) is 4.89. The van der Waals surface area contributed by atoms with Crippen molar-refractivity contribution >= 4 is 11.6 Å². The highest BCUT2D eigenvalue weighted by atomic mass is 16.5. The molecule has 3 aliphatic rings. The Morgan fingerprint density at radius 1 is 1.00 bits per heavy atom. The van der Waals surface area contributed by atoms with E-state index in [9.17, 15) is 0 Å². The van der Waals surface area contributed by atoms with Crippen molar-refractivity contribution in [2.24, 2.45) is 4.99 Å². The molecule has 31 heavy (non-hydrogen) atoms. The molecule has 2 saturated heterocycles. The first-order valence-electron chi connectivity index (χ1n) is 12.1. The molecule has 7 heteroatoms. The van der Waals surface area contributed by atoms with Crippen LogP contribution in [0.2, 0.25) is 0 Å². The lowest BCUT2D eigenvalue weighted by atomic mass is 9.84. The van der Waals surface area contributed by atoms with Gasteiger partial charge in [-0.25, -0.2) is 0 Å². The molecule has 1 aromatic carbocycles. The number of aliphatic imine (C=N–C) groups is 1. The average Bonchev–Trinajstić information content (AvgIpc) is 3.05. The first kappa shape index (κ1) is 22.2. The molecule has 0 saturated carbocycles. The van der Waals surface area contributed by atoms with Gasteiger partial charge in [-0.3, -0.25) is 9.89 Å². The molecule has 2 fully saturated rings. The number of hydrogen-bond acceptors (Lipinski definition) is 5. The number of benzene rings is 1. The summed E-state index contributed by atoms with van der Waals surface area (Å²) in [5, 5.41) is 6.92. The van der Waals surface area contributed by atoms with E-state index in [2.05, 4.69) is 34.4 Å². The van der Waals surface area contributed by atoms with Crippen molar-refractivity contribution in [3.63, 3.8) is 0 Å². The predicted octanol–water partition coefficient (Wildman–Crippen LogP) is 3.18. The Morgan fingerprint density at radius 3 is 2.48 bits per heavy atom. The fourth-order valence-electron chi connectivity index (χ4n) is 4.89. The van der Waals surface area contributed by atoms with E-state index in [1.165, 1.54) is 45.2 Å². The molecule has 0 bridgehead atoms. The van der Waals surface area contributed by atoms with Crippen LogP contribution in [0.5, 0.6) is 11.5 Å². The lowest BCUT2D eigenvalue weighted by molar-refractivity contribution is 0.0208. The number of fused-ring (bicyclic) bond motifs is 1. The van der Waals surface area contributed by atoms with Gasteiger partial charge in [0.2, 0.25) is 0 Å². The van der Waals surface area contributed by atoms with Gasteiger partial charge in [0.25, 0.3) is 0 Å². The lowest BCUT2D eigenvalue weighted by Crippen LogP contribution is -2.58. The summed E-state index contributed by atoms with van der Waals surface area (Å²) in [6.07, 6.45) is 7.29. The SMILES string of the molecule is CCNC(=NCC1(N2CCCCC2)CCN(C)CC1)Nc1ccc2c(c1)OCCCO2. The minimum atomic E-state index is 0.181. The summed E-state index contributed by atoms with van der Waals surface area (Å²) in [5.74, 6) is 2.46. The summed E-state index contributed by atoms with van der Waals surface area (Å²) in [7, 11) is 2.24. The van der Waals surface area contributed by atoms with Crippen LogP contribution in [0.4, 0.5) is 5.69 Å². The zero-order chi connectivity index (χ0) is 21.5. The van der Waals surface area contributed by atoms with E-state index in [1.807, 2.05) is 18.2 Å². The second-order valence-electron chi connectivity index (χ2n) is 9.11. The second kappa shape index (κ2) is 10.6. The van der Waals surface area contributed by atoms with Gasteiger partial charge in [0, 0.05) is 30.3 Å². The molecule has 2 N–H and O–H groups in total. The zero-order valence-corrected chi connectivity index (χ0v) is 19.3. The number of nitrogens with one attached hydrogen (secondary N) is 2. The number of piperidine rings is 2. The van der Waals surface area contributed by atoms with Crippen LogP contribution >= 0.6 is 0 Å². The molecule has 7 nitrogen and oxygen atoms in total. The monoisotopic (exact) mass is 429 g/mol. The van der Waals surface area contributed by atoms with Gasteiger partial charge < -0.3 is 25.0 Å². The number of hydrogen-bond donors (Lipinski definition) is 2. The molecule has 4 rings (SSSR count). The van der Waals surface area contributed by atoms with Gasteiger partial charge in [-0.2, -0.15) is 0 Å². The minimum absolute atomic E-state index is 0.181. The van der Waals surface area contributed by atoms with E-state index >= 15 is 0 Å². The molecule has 0 atom stereocenters. The molecular weight excluding hydrogens is 390 g/mol. The minimum Gasteiger partial charge on any atom is -0.490 e. The maximum Gasteiger partial charge on any atom is 0.195 e. The van der Waals surface area contributed by atoms with Crippen molar-refractivity contribution in [2.45, 2.75) is 51.0 Å². The first-order valence-corrected chi connectivity index (χ1v) is 12.1. The number of rotatable bonds is 5. The predicted molar refractivity (Wildman–Crippen MR) is 127 cm³/mol. The summed E-state index contributed by atoms with van der Waals surface area (Å²) >= 11 is 0. The van der Waals surface area contributed by atoms with Crippen LogP contribution in [-0.4, -0.2) is 80.8 Å². The van der Waals surface area contributed by atoms with E-state index in [-0.39, 0.29) is 5.54 Å². The molecular formula is C24H39N5O2. The average molecular weight is 430 g/mol. The summed E-state index contributed by atoms with van der Waals surface area (Å²) in [4.78, 5) is 10.3. The van der Waals surface area contributed by atoms with Gasteiger partial charge in [-0.15, -0.1) is 0 Å². The van der Waals surface area contributed by atoms with Crippen LogP contribution in [0.25, 0.3) is 0 Å². The topological polar surface area (TPSA) is 61.4 Å². The van der Waals surface area contributed by atoms with E-state index in [0.29, 0.717) is 13.2 Å². The van der Waals surface area contributed by atoms with Crippen molar-refractivity contribution in [3.05, 3.63) is 18.2 Å². The molecule has 0 amide bonds. The number of ether oxygens (including phenoxy) is 2. The van der Waals surface area contributed by atoms with E-state index in [1.54, 1.807) is 0 Å². The molecule has 1 aromatic rings. The maximum absolute atomic E-state index is 5.85. The highest BCUT2D eigenvalue weighted by Crippen LogP contribution is 2.33. The third kappa shape index (κ3) is 5.63. The molecule has 0 spiro atoms. The molecule has 0 aromatic heterocycles. The van der Waals surface area contributed by atoms with Gasteiger partial charge in [0.1, 0.15) is 0 Å². The third-order valence-electron chi connectivity index (χ3n) is 6.83. The Hall–Kier alpha value is -1.99. The number of nitrogens with zero attached hydrogens (tertiary/aromatic N) is 3. The highest BCUT2D eigenvalue weighted by molar-refractivity contribution is 5.94. The van der Waals surface area contributed by atoms with Crippen LogP contribution in [-0.2, 0) is 0 Å². The smallest absolute Gasteiger partial charge is 0.195 e. The van der Waals surface area contributed by atoms with Crippen molar-refractivity contribution < 1.29 is 9.47 Å². The van der Waals surface area contributed by atoms with Gasteiger partial charge >= 0.3 is 0 Å². The van der Waals surface area contributed by atoms with Gasteiger partial charge in [0.15, 0.2) is 17.5 Å². The number of likely N-dealkylation sites (tertiary alicyclic amines) is 2. The van der Waals surface area contributed by atoms with Crippen molar-refractivity contribution in [3.8, 4) is 11.5 Å². The summed E-state index contributed by atoms with van der Waals surface area (Å²) < 4.78 is 11.6. The fraction of sp³-hybridized carbons (Fsp3) is 0.708. The normalized spacial score (nSPS) is 22.6. The Morgan fingerprint density at radius 2 is 1.74 bits per heavy atom. The Labute approximate surface area is 187 Å². The van der Waals surface area contributed by atoms with Gasteiger partial charge in [0.05, 0.1) is 19.8 Å². The van der Waals surface area contributed by atoms with E-state index in [4.69, 9.17) is 14.5 Å². The number of anilines is 1. The van der Waals surface area contributed by atoms with Crippen molar-refractivity contribution in [1.82, 2.24) is 15.1 Å². The summed E-state index contributed by atoms with van der Waals surface area (Å²) in [5.41, 5.74) is 1.15.